The van der Waals surface area contributed by atoms with Crippen molar-refractivity contribution in [3.8, 4) is 0 Å². The highest BCUT2D eigenvalue weighted by atomic mass is 32.1. The third-order valence-electron chi connectivity index (χ3n) is 2.48. The summed E-state index contributed by atoms with van der Waals surface area (Å²) in [7, 11) is 2.14. The molecule has 0 amide bonds. The monoisotopic (exact) mass is 216 g/mol. The Hall–Kier alpha value is -0.350. The highest BCUT2D eigenvalue weighted by molar-refractivity contribution is 7.80. The van der Waals surface area contributed by atoms with Crippen LogP contribution in [0.3, 0.4) is 0 Å². The van der Waals surface area contributed by atoms with Gasteiger partial charge in [-0.05, 0) is 25.7 Å². The first-order valence-electron chi connectivity index (χ1n) is 5.34. The van der Waals surface area contributed by atoms with Crippen molar-refractivity contribution in [1.82, 2.24) is 9.80 Å². The van der Waals surface area contributed by atoms with Crippen molar-refractivity contribution in [2.24, 2.45) is 0 Å². The van der Waals surface area contributed by atoms with Crippen LogP contribution in [0.5, 0.6) is 0 Å². The summed E-state index contributed by atoms with van der Waals surface area (Å²) in [4.78, 5) is 4.47. The van der Waals surface area contributed by atoms with Gasteiger partial charge >= 0.3 is 0 Å². The fraction of sp³-hybridized carbons (Fsp3) is 0.900. The number of nitrogens with zero attached hydrogens (tertiary/aromatic N) is 2. The van der Waals surface area contributed by atoms with Crippen molar-refractivity contribution in [3.63, 3.8) is 0 Å². The molecule has 1 rings (SSSR count). The zero-order valence-electron chi connectivity index (χ0n) is 9.16. The second kappa shape index (κ2) is 6.19. The van der Waals surface area contributed by atoms with Crippen LogP contribution in [-0.2, 0) is 4.74 Å². The van der Waals surface area contributed by atoms with Gasteiger partial charge in [0.15, 0.2) is 0 Å². The highest BCUT2D eigenvalue weighted by Crippen LogP contribution is 2.02. The Bertz CT molecular complexity index is 179. The summed E-state index contributed by atoms with van der Waals surface area (Å²) in [5.74, 6) is 0. The van der Waals surface area contributed by atoms with Gasteiger partial charge in [-0.25, -0.2) is 0 Å². The zero-order valence-corrected chi connectivity index (χ0v) is 9.98. The predicted molar refractivity (Wildman–Crippen MR) is 62.5 cm³/mol. The average Bonchev–Trinajstić information content (AvgIpc) is 2.19. The molecule has 0 saturated carbocycles. The van der Waals surface area contributed by atoms with Crippen molar-refractivity contribution in [2.75, 3.05) is 39.8 Å². The maximum absolute atomic E-state index is 5.50. The molecular formula is C10H20N2OS. The number of ether oxygens (including phenoxy) is 1. The molecule has 4 heteroatoms. The lowest BCUT2D eigenvalue weighted by Crippen LogP contribution is -2.47. The van der Waals surface area contributed by atoms with Gasteiger partial charge in [0.25, 0.3) is 5.17 Å². The molecule has 1 aliphatic rings. The van der Waals surface area contributed by atoms with E-state index in [9.17, 15) is 0 Å². The molecule has 82 valence electrons. The van der Waals surface area contributed by atoms with E-state index >= 15 is 0 Å². The maximum atomic E-state index is 5.50. The van der Waals surface area contributed by atoms with Gasteiger partial charge in [0.05, 0.1) is 6.61 Å². The molecule has 0 aromatic carbocycles. The smallest absolute Gasteiger partial charge is 0.259 e. The lowest BCUT2D eigenvalue weighted by Gasteiger charge is -2.33. The summed E-state index contributed by atoms with van der Waals surface area (Å²) in [6.45, 7) is 7.08. The first-order chi connectivity index (χ1) is 6.74. The molecule has 0 spiro atoms. The van der Waals surface area contributed by atoms with Crippen molar-refractivity contribution in [2.45, 2.75) is 19.8 Å². The molecule has 0 unspecified atom stereocenters. The summed E-state index contributed by atoms with van der Waals surface area (Å²) in [6.07, 6.45) is 2.25. The predicted octanol–water partition coefficient (Wildman–Crippen LogP) is 1.34. The molecule has 0 aromatic heterocycles. The fourth-order valence-corrected chi connectivity index (χ4v) is 1.65. The maximum Gasteiger partial charge on any atom is 0.259 e. The van der Waals surface area contributed by atoms with Gasteiger partial charge in [0.2, 0.25) is 0 Å². The number of piperazine rings is 1. The average molecular weight is 216 g/mol. The van der Waals surface area contributed by atoms with E-state index in [0.29, 0.717) is 5.17 Å². The first-order valence-corrected chi connectivity index (χ1v) is 5.75. The Morgan fingerprint density at radius 1 is 1.29 bits per heavy atom. The van der Waals surface area contributed by atoms with E-state index in [2.05, 4.69) is 23.8 Å². The van der Waals surface area contributed by atoms with Crippen molar-refractivity contribution < 1.29 is 4.74 Å². The summed E-state index contributed by atoms with van der Waals surface area (Å²) in [5.41, 5.74) is 0. The lowest BCUT2D eigenvalue weighted by molar-refractivity contribution is 0.172. The molecule has 1 aliphatic heterocycles. The number of rotatable bonds is 3. The molecule has 0 bridgehead atoms. The minimum atomic E-state index is 0.687. The van der Waals surface area contributed by atoms with Gasteiger partial charge in [0.1, 0.15) is 0 Å². The van der Waals surface area contributed by atoms with Crippen LogP contribution in [0.2, 0.25) is 0 Å². The number of hydrogen-bond donors (Lipinski definition) is 0. The Balaban J connectivity index is 2.17. The summed E-state index contributed by atoms with van der Waals surface area (Å²) in [6, 6.07) is 0. The second-order valence-corrected chi connectivity index (χ2v) is 4.11. The number of hydrogen-bond acceptors (Lipinski definition) is 3. The molecule has 1 saturated heterocycles. The van der Waals surface area contributed by atoms with Gasteiger partial charge in [-0.1, -0.05) is 13.3 Å². The van der Waals surface area contributed by atoms with Crippen molar-refractivity contribution in [3.05, 3.63) is 0 Å². The molecule has 0 N–H and O–H groups in total. The Labute approximate surface area is 92.0 Å². The van der Waals surface area contributed by atoms with E-state index in [1.807, 2.05) is 0 Å². The molecule has 1 fully saturated rings. The van der Waals surface area contributed by atoms with Gasteiger partial charge in [0, 0.05) is 26.2 Å². The second-order valence-electron chi connectivity index (χ2n) is 3.76. The van der Waals surface area contributed by atoms with E-state index in [-0.39, 0.29) is 0 Å². The van der Waals surface area contributed by atoms with E-state index in [4.69, 9.17) is 17.0 Å². The van der Waals surface area contributed by atoms with Gasteiger partial charge in [-0.15, -0.1) is 0 Å². The van der Waals surface area contributed by atoms with Crippen LogP contribution >= 0.6 is 12.2 Å². The third kappa shape index (κ3) is 3.80. The Morgan fingerprint density at radius 2 is 1.93 bits per heavy atom. The molecule has 1 heterocycles. The van der Waals surface area contributed by atoms with E-state index in [1.54, 1.807) is 0 Å². The largest absolute Gasteiger partial charge is 0.471 e. The van der Waals surface area contributed by atoms with E-state index in [0.717, 1.165) is 45.6 Å². The Morgan fingerprint density at radius 3 is 2.50 bits per heavy atom. The standard InChI is InChI=1S/C10H20N2OS/c1-3-4-9-13-10(14)12-7-5-11(2)6-8-12/h3-9H2,1-2H3. The molecule has 0 aliphatic carbocycles. The summed E-state index contributed by atoms with van der Waals surface area (Å²) in [5, 5.41) is 0.687. The van der Waals surface area contributed by atoms with Gasteiger partial charge < -0.3 is 14.5 Å². The van der Waals surface area contributed by atoms with Crippen LogP contribution < -0.4 is 0 Å². The summed E-state index contributed by atoms with van der Waals surface area (Å²) < 4.78 is 5.50. The van der Waals surface area contributed by atoms with Crippen LogP contribution in [0.25, 0.3) is 0 Å². The van der Waals surface area contributed by atoms with Crippen LogP contribution in [-0.4, -0.2) is 54.8 Å². The van der Waals surface area contributed by atoms with E-state index in [1.165, 1.54) is 0 Å². The van der Waals surface area contributed by atoms with Crippen molar-refractivity contribution in [1.29, 1.82) is 0 Å². The molecule has 0 atom stereocenters. The first kappa shape index (κ1) is 11.7. The SMILES string of the molecule is CCCCOC(=S)N1CCN(C)CC1. The Kier molecular flexibility index (Phi) is 5.19. The molecule has 0 aromatic rings. The molecule has 14 heavy (non-hydrogen) atoms. The molecule has 3 nitrogen and oxygen atoms in total. The number of likely N-dealkylation sites (N-methyl/N-ethyl adjacent to an activating group) is 1. The van der Waals surface area contributed by atoms with Gasteiger partial charge in [-0.3, -0.25) is 0 Å². The zero-order chi connectivity index (χ0) is 10.4. The normalized spacial score (nSPS) is 18.3. The summed E-state index contributed by atoms with van der Waals surface area (Å²) >= 11 is 5.21. The molecular weight excluding hydrogens is 196 g/mol. The lowest BCUT2D eigenvalue weighted by atomic mass is 10.3. The third-order valence-corrected chi connectivity index (χ3v) is 2.86. The fourth-order valence-electron chi connectivity index (χ4n) is 1.38. The number of unbranched alkanes of at least 4 members (excludes halogenated alkanes) is 1. The highest BCUT2D eigenvalue weighted by Gasteiger charge is 2.16. The van der Waals surface area contributed by atoms with Crippen LogP contribution in [0.1, 0.15) is 19.8 Å². The van der Waals surface area contributed by atoms with Crippen LogP contribution in [0.15, 0.2) is 0 Å². The minimum Gasteiger partial charge on any atom is -0.471 e. The van der Waals surface area contributed by atoms with Crippen LogP contribution in [0, 0.1) is 0 Å². The van der Waals surface area contributed by atoms with E-state index < -0.39 is 0 Å². The molecule has 0 radical (unpaired) electrons. The quantitative estimate of drug-likeness (QED) is 0.522. The van der Waals surface area contributed by atoms with Crippen molar-refractivity contribution >= 4 is 17.4 Å². The van der Waals surface area contributed by atoms with Gasteiger partial charge in [-0.2, -0.15) is 0 Å². The topological polar surface area (TPSA) is 15.7 Å². The minimum absolute atomic E-state index is 0.687. The van der Waals surface area contributed by atoms with Crippen LogP contribution in [0.4, 0.5) is 0 Å². The number of thiocarbonyl (C=S) groups is 1.